The van der Waals surface area contributed by atoms with Gasteiger partial charge in [-0.2, -0.15) is 0 Å². The van der Waals surface area contributed by atoms with Crippen molar-refractivity contribution in [1.82, 2.24) is 25.6 Å². The highest BCUT2D eigenvalue weighted by molar-refractivity contribution is 5.94. The summed E-state index contributed by atoms with van der Waals surface area (Å²) >= 11 is 0. The highest BCUT2D eigenvalue weighted by Crippen LogP contribution is 2.29. The predicted octanol–water partition coefficient (Wildman–Crippen LogP) is 6.61. The van der Waals surface area contributed by atoms with E-state index in [9.17, 15) is 28.8 Å². The van der Waals surface area contributed by atoms with E-state index in [2.05, 4.69) is 53.9 Å². The Morgan fingerprint density at radius 3 is 1.79 bits per heavy atom. The van der Waals surface area contributed by atoms with Gasteiger partial charge in [0.25, 0.3) is 0 Å². The third kappa shape index (κ3) is 39.4. The van der Waals surface area contributed by atoms with Gasteiger partial charge in [0.05, 0.1) is 158 Å². The molecule has 0 radical (unpaired) electrons. The number of carbonyl (C=O) groups is 6. The Morgan fingerprint density at radius 2 is 1.18 bits per heavy atom. The maximum absolute atomic E-state index is 14.0. The van der Waals surface area contributed by atoms with Crippen molar-refractivity contribution in [3.05, 3.63) is 11.4 Å². The van der Waals surface area contributed by atoms with Gasteiger partial charge in [-0.25, -0.2) is 4.68 Å². The van der Waals surface area contributed by atoms with Gasteiger partial charge in [-0.3, -0.25) is 28.8 Å². The molecule has 0 fully saturated rings. The minimum Gasteiger partial charge on any atom is -0.379 e. The Kier molecular flexibility index (Phi) is 44.8. The first kappa shape index (κ1) is 80.1. The minimum atomic E-state index is -0.823. The van der Waals surface area contributed by atoms with Crippen LogP contribution >= 0.6 is 0 Å². The van der Waals surface area contributed by atoms with Crippen LogP contribution in [-0.2, 0) is 93.8 Å². The van der Waals surface area contributed by atoms with E-state index in [0.717, 1.165) is 93.2 Å². The fourth-order valence-corrected chi connectivity index (χ4v) is 10.3. The van der Waals surface area contributed by atoms with Crippen LogP contribution in [0.15, 0.2) is 0 Å². The summed E-state index contributed by atoms with van der Waals surface area (Å²) in [5, 5.41) is 14.8. The van der Waals surface area contributed by atoms with Crippen LogP contribution in [0, 0.1) is 35.5 Å². The predicted molar refractivity (Wildman–Crippen MR) is 341 cm³/mol. The van der Waals surface area contributed by atoms with Gasteiger partial charge in [-0.05, 0) is 63.7 Å². The van der Waals surface area contributed by atoms with Gasteiger partial charge in [-0.1, -0.05) is 71.4 Å². The van der Waals surface area contributed by atoms with Crippen LogP contribution in [0.3, 0.4) is 0 Å². The lowest BCUT2D eigenvalue weighted by Gasteiger charge is -2.25. The molecule has 1 aromatic rings. The zero-order valence-corrected chi connectivity index (χ0v) is 56.5. The first-order valence-corrected chi connectivity index (χ1v) is 33.8. The number of quaternary nitrogens is 1. The summed E-state index contributed by atoms with van der Waals surface area (Å²) < 4.78 is 65.5. The summed E-state index contributed by atoms with van der Waals surface area (Å²) in [5.41, 5.74) is 1.75. The molecule has 5 atom stereocenters. The number of carbonyl (C=O) groups excluding carboxylic acids is 6. The molecule has 3 rings (SSSR count). The average Bonchev–Trinajstić information content (AvgIpc) is 2.04. The van der Waals surface area contributed by atoms with E-state index in [-0.39, 0.29) is 98.8 Å². The Labute approximate surface area is 538 Å². The molecule has 90 heavy (non-hydrogen) atoms. The maximum Gasteiger partial charge on any atom is 0.246 e. The van der Waals surface area contributed by atoms with Crippen molar-refractivity contribution in [2.75, 3.05) is 166 Å². The van der Waals surface area contributed by atoms with Crippen LogP contribution in [0.2, 0.25) is 0 Å². The van der Waals surface area contributed by atoms with Gasteiger partial charge >= 0.3 is 0 Å². The number of ether oxygens (including phenoxy) is 11. The number of amides is 2. The number of nitrogens with one attached hydrogen (secondary N) is 2. The van der Waals surface area contributed by atoms with Gasteiger partial charge in [-0.15, -0.1) is 11.0 Å². The molecule has 0 aliphatic heterocycles. The summed E-state index contributed by atoms with van der Waals surface area (Å²) in [6.07, 6.45) is 12.6. The van der Waals surface area contributed by atoms with E-state index in [4.69, 9.17) is 52.1 Å². The van der Waals surface area contributed by atoms with E-state index in [1.54, 1.807) is 20.8 Å². The lowest BCUT2D eigenvalue weighted by Crippen LogP contribution is -2.47. The summed E-state index contributed by atoms with van der Waals surface area (Å²) in [5.74, 6) is 3.57. The summed E-state index contributed by atoms with van der Waals surface area (Å²) in [7, 11) is 6.52. The molecule has 23 nitrogen and oxygen atoms in total. The van der Waals surface area contributed by atoms with E-state index in [1.165, 1.54) is 0 Å². The lowest BCUT2D eigenvalue weighted by atomic mass is 9.87. The fraction of sp³-hybridized carbons (Fsp3) is 0.851. The van der Waals surface area contributed by atoms with E-state index < -0.39 is 23.8 Å². The molecule has 516 valence electrons. The van der Waals surface area contributed by atoms with Crippen molar-refractivity contribution in [3.8, 4) is 11.8 Å². The Bertz CT molecular complexity index is 2180. The maximum atomic E-state index is 14.0. The number of fused-ring (bicyclic) bond motifs is 1. The topological polar surface area (TPSA) is 259 Å². The summed E-state index contributed by atoms with van der Waals surface area (Å²) in [4.78, 5) is 78.9. The molecule has 2 aliphatic rings. The first-order chi connectivity index (χ1) is 43.4. The van der Waals surface area contributed by atoms with Crippen molar-refractivity contribution in [2.45, 2.75) is 181 Å². The normalized spacial score (nSPS) is 16.5. The van der Waals surface area contributed by atoms with Crippen molar-refractivity contribution in [3.63, 3.8) is 0 Å². The van der Waals surface area contributed by atoms with Gasteiger partial charge in [0, 0.05) is 69.4 Å². The van der Waals surface area contributed by atoms with Crippen LogP contribution in [0.25, 0.3) is 0 Å². The summed E-state index contributed by atoms with van der Waals surface area (Å²) in [6.45, 7) is 18.8. The Hall–Kier alpha value is -4.16. The van der Waals surface area contributed by atoms with Crippen molar-refractivity contribution in [2.24, 2.45) is 23.7 Å². The second-order valence-corrected chi connectivity index (χ2v) is 25.2. The fourth-order valence-electron chi connectivity index (χ4n) is 10.3. The first-order valence-electron chi connectivity index (χ1n) is 33.8. The van der Waals surface area contributed by atoms with Crippen LogP contribution < -0.4 is 10.6 Å². The number of rotatable bonds is 56. The van der Waals surface area contributed by atoms with Gasteiger partial charge in [0.15, 0.2) is 11.6 Å². The van der Waals surface area contributed by atoms with E-state index in [1.807, 2.05) is 18.5 Å². The molecule has 1 heterocycles. The third-order valence-corrected chi connectivity index (χ3v) is 15.4. The van der Waals surface area contributed by atoms with Crippen LogP contribution in [0.1, 0.15) is 168 Å². The van der Waals surface area contributed by atoms with Crippen molar-refractivity contribution in [1.29, 1.82) is 0 Å². The van der Waals surface area contributed by atoms with Crippen LogP contribution in [0.5, 0.6) is 0 Å². The molecule has 0 aromatic carbocycles. The zero-order chi connectivity index (χ0) is 65.5. The minimum absolute atomic E-state index is 0.00979. The molecule has 2 unspecified atom stereocenters. The number of nitrogens with zero attached hydrogens (tertiary/aromatic N) is 4. The molecule has 2 aliphatic carbocycles. The number of unbranched alkanes of at least 4 members (excludes halogenated alkanes) is 1. The highest BCUT2D eigenvalue weighted by atomic mass is 16.6. The quantitative estimate of drug-likeness (QED) is 0.0395. The van der Waals surface area contributed by atoms with Gasteiger partial charge in [0.1, 0.15) is 42.7 Å². The smallest absolute Gasteiger partial charge is 0.246 e. The molecule has 0 spiro atoms. The number of Topliss-reactive ketones (excluding diaryl/α,β-unsaturated/α-hetero) is 4. The molecule has 1 aromatic heterocycles. The molecule has 2 amide bonds. The molecule has 0 saturated heterocycles. The second-order valence-electron chi connectivity index (χ2n) is 25.2. The van der Waals surface area contributed by atoms with Crippen LogP contribution in [-0.4, -0.2) is 233 Å². The number of ketones is 4. The molecule has 0 bridgehead atoms. The molecular formula is C67H117N6O17+. The third-order valence-electron chi connectivity index (χ3n) is 15.4. The standard InChI is InChI=1S/C67H116N6O17/c1-53(2)64(61(76)49-55(5)66(78)54(3)4)69-67(79)56(50-57(74)27-33-82-37-41-86-45-43-84-39-35-80-31-19-22-58(75)51-89-59-23-13-10-9-11-14-24-59)21-17-18-28-68-63(77)52-90-62-26-16-12-15-25-60-65(62)70-71-72(60)29-34-83-38-42-87-46-48-88-47-44-85-40-36-81-32-20-30-73(6,7)8/h53-56,59,62,64H,9-13,15-23,25-52H2,1-8H3,(H-,68,69,77,79)/p+1/t55-,56+,59?,62?,64+/m1/s1. The SMILES string of the molecule is CC(C)C(=O)[C@H](C)CC(=O)[C@@H](NC(=O)[C@@H](CCCCNC(=O)COC1CCCCCc2c1nnn2CCOCCOCCOCCOCCOCCC[N+](C)(C)C)CC(=O)CCOCCOCCOCCOCCCC(=O)COC1C#CCCCCC1)C(C)C. The molecular weight excluding hydrogens is 1160 g/mol. The molecule has 0 saturated carbocycles. The highest BCUT2D eigenvalue weighted by Gasteiger charge is 2.31. The van der Waals surface area contributed by atoms with Crippen molar-refractivity contribution >= 4 is 34.9 Å². The monoisotopic (exact) mass is 1280 g/mol. The number of aromatic nitrogens is 3. The number of hydrogen-bond donors (Lipinski definition) is 2. The lowest BCUT2D eigenvalue weighted by molar-refractivity contribution is -0.870. The summed E-state index contributed by atoms with van der Waals surface area (Å²) in [6, 6.07) is -0.823. The molecule has 2 N–H and O–H groups in total. The second kappa shape index (κ2) is 50.3. The molecule has 23 heteroatoms. The Balaban J connectivity index is 1.33. The van der Waals surface area contributed by atoms with E-state index in [0.29, 0.717) is 151 Å². The largest absolute Gasteiger partial charge is 0.379 e. The zero-order valence-electron chi connectivity index (χ0n) is 56.5. The van der Waals surface area contributed by atoms with Gasteiger partial charge in [0.2, 0.25) is 11.8 Å². The van der Waals surface area contributed by atoms with Crippen LogP contribution in [0.4, 0.5) is 0 Å². The van der Waals surface area contributed by atoms with Crippen molar-refractivity contribution < 1.29 is 85.4 Å². The van der Waals surface area contributed by atoms with E-state index >= 15 is 0 Å². The van der Waals surface area contributed by atoms with Gasteiger partial charge < -0.3 is 67.2 Å². The average molecular weight is 1280 g/mol. The Morgan fingerprint density at radius 1 is 0.600 bits per heavy atom. The number of hydrogen-bond acceptors (Lipinski definition) is 19.